The van der Waals surface area contributed by atoms with Gasteiger partial charge in [-0.3, -0.25) is 4.79 Å². The minimum Gasteiger partial charge on any atom is -0.497 e. The smallest absolute Gasteiger partial charge is 0.258 e. The zero-order chi connectivity index (χ0) is 18.2. The van der Waals surface area contributed by atoms with Crippen LogP contribution >= 0.6 is 0 Å². The fourth-order valence-electron chi connectivity index (χ4n) is 2.59. The molecule has 4 heteroatoms. The van der Waals surface area contributed by atoms with Crippen LogP contribution in [0.15, 0.2) is 48.5 Å². The molecule has 0 unspecified atom stereocenters. The molecule has 0 saturated carbocycles. The van der Waals surface area contributed by atoms with Crippen molar-refractivity contribution >= 4 is 5.91 Å². The van der Waals surface area contributed by atoms with E-state index in [4.69, 9.17) is 9.47 Å². The van der Waals surface area contributed by atoms with Crippen molar-refractivity contribution in [3.05, 3.63) is 59.7 Å². The van der Waals surface area contributed by atoms with Gasteiger partial charge in [-0.2, -0.15) is 0 Å². The molecule has 1 atom stereocenters. The largest absolute Gasteiger partial charge is 0.497 e. The van der Waals surface area contributed by atoms with Gasteiger partial charge in [-0.15, -0.1) is 0 Å². The Morgan fingerprint density at radius 1 is 0.960 bits per heavy atom. The molecule has 4 nitrogen and oxygen atoms in total. The first-order valence-corrected chi connectivity index (χ1v) is 8.69. The minimum absolute atomic E-state index is 0.00762. The molecule has 0 spiro atoms. The molecule has 0 aromatic heterocycles. The molecule has 0 aliphatic rings. The van der Waals surface area contributed by atoms with Crippen LogP contribution in [0.3, 0.4) is 0 Å². The molecular formula is C21H27NO3. The lowest BCUT2D eigenvalue weighted by atomic mass is 10.0. The quantitative estimate of drug-likeness (QED) is 0.771. The van der Waals surface area contributed by atoms with Crippen molar-refractivity contribution in [2.24, 2.45) is 0 Å². The van der Waals surface area contributed by atoms with Gasteiger partial charge < -0.3 is 14.8 Å². The highest BCUT2D eigenvalue weighted by Gasteiger charge is 2.13. The van der Waals surface area contributed by atoms with Crippen molar-refractivity contribution in [1.82, 2.24) is 5.32 Å². The van der Waals surface area contributed by atoms with Crippen LogP contribution in [0, 0.1) is 0 Å². The third-order valence-corrected chi connectivity index (χ3v) is 4.18. The van der Waals surface area contributed by atoms with Gasteiger partial charge in [0.1, 0.15) is 11.5 Å². The zero-order valence-corrected chi connectivity index (χ0v) is 15.4. The summed E-state index contributed by atoms with van der Waals surface area (Å²) in [5, 5.41) is 3.02. The highest BCUT2D eigenvalue weighted by molar-refractivity contribution is 5.78. The van der Waals surface area contributed by atoms with E-state index in [1.54, 1.807) is 7.11 Å². The van der Waals surface area contributed by atoms with E-state index >= 15 is 0 Å². The maximum absolute atomic E-state index is 12.2. The summed E-state index contributed by atoms with van der Waals surface area (Å²) < 4.78 is 10.8. The molecule has 0 bridgehead atoms. The summed E-state index contributed by atoms with van der Waals surface area (Å²) in [6.45, 7) is 6.34. The summed E-state index contributed by atoms with van der Waals surface area (Å²) in [4.78, 5) is 12.2. The van der Waals surface area contributed by atoms with Crippen LogP contribution < -0.4 is 14.8 Å². The van der Waals surface area contributed by atoms with Crippen LogP contribution in [0.4, 0.5) is 0 Å². The number of ether oxygens (including phenoxy) is 2. The standard InChI is InChI=1S/C21H27NO3/c1-5-20(17-8-10-18(24-4)11-9-17)22-21(23)14-25-19-12-6-16(7-13-19)15(2)3/h6-13,15,20H,5,14H2,1-4H3,(H,22,23)/t20-/m1/s1. The van der Waals surface area contributed by atoms with Gasteiger partial charge in [-0.25, -0.2) is 0 Å². The van der Waals surface area contributed by atoms with Crippen LogP contribution in [0.1, 0.15) is 50.3 Å². The van der Waals surface area contributed by atoms with Crippen LogP contribution in [0.2, 0.25) is 0 Å². The van der Waals surface area contributed by atoms with Crippen LogP contribution in [-0.4, -0.2) is 19.6 Å². The van der Waals surface area contributed by atoms with Gasteiger partial charge in [0.25, 0.3) is 5.91 Å². The lowest BCUT2D eigenvalue weighted by Gasteiger charge is -2.18. The lowest BCUT2D eigenvalue weighted by molar-refractivity contribution is -0.123. The zero-order valence-electron chi connectivity index (χ0n) is 15.4. The molecule has 0 fully saturated rings. The van der Waals surface area contributed by atoms with Gasteiger partial charge in [-0.1, -0.05) is 45.0 Å². The molecular weight excluding hydrogens is 314 g/mol. The van der Waals surface area contributed by atoms with Crippen molar-refractivity contribution in [3.63, 3.8) is 0 Å². The van der Waals surface area contributed by atoms with Crippen LogP contribution in [0.25, 0.3) is 0 Å². The number of rotatable bonds is 8. The molecule has 25 heavy (non-hydrogen) atoms. The molecule has 2 aromatic carbocycles. The number of hydrogen-bond donors (Lipinski definition) is 1. The van der Waals surface area contributed by atoms with E-state index in [0.717, 1.165) is 17.7 Å². The predicted octanol–water partition coefficient (Wildman–Crippen LogP) is 4.46. The van der Waals surface area contributed by atoms with E-state index in [1.165, 1.54) is 5.56 Å². The monoisotopic (exact) mass is 341 g/mol. The van der Waals surface area contributed by atoms with Crippen molar-refractivity contribution in [1.29, 1.82) is 0 Å². The van der Waals surface area contributed by atoms with Gasteiger partial charge >= 0.3 is 0 Å². The van der Waals surface area contributed by atoms with E-state index in [9.17, 15) is 4.79 Å². The van der Waals surface area contributed by atoms with Crippen LogP contribution in [0.5, 0.6) is 11.5 Å². The topological polar surface area (TPSA) is 47.6 Å². The Balaban J connectivity index is 1.88. The van der Waals surface area contributed by atoms with Gasteiger partial charge in [0.15, 0.2) is 6.61 Å². The predicted molar refractivity (Wildman–Crippen MR) is 100 cm³/mol. The molecule has 134 valence electrons. The molecule has 0 aliphatic heterocycles. The second kappa shape index (κ2) is 9.11. The highest BCUT2D eigenvalue weighted by atomic mass is 16.5. The van der Waals surface area contributed by atoms with E-state index in [2.05, 4.69) is 19.2 Å². The molecule has 0 saturated heterocycles. The summed E-state index contributed by atoms with van der Waals surface area (Å²) in [6, 6.07) is 15.6. The maximum atomic E-state index is 12.2. The average molecular weight is 341 g/mol. The normalized spacial score (nSPS) is 11.9. The Labute approximate surface area is 150 Å². The highest BCUT2D eigenvalue weighted by Crippen LogP contribution is 2.21. The van der Waals surface area contributed by atoms with Gasteiger partial charge in [-0.05, 0) is 47.7 Å². The second-order valence-electron chi connectivity index (χ2n) is 6.31. The summed E-state index contributed by atoms with van der Waals surface area (Å²) in [7, 11) is 1.64. The number of carbonyl (C=O) groups excluding carboxylic acids is 1. The summed E-state index contributed by atoms with van der Waals surface area (Å²) in [5.41, 5.74) is 2.31. The number of hydrogen-bond acceptors (Lipinski definition) is 3. The summed E-state index contributed by atoms with van der Waals surface area (Å²) in [6.07, 6.45) is 0.807. The first kappa shape index (κ1) is 18.8. The van der Waals surface area contributed by atoms with Crippen molar-refractivity contribution in [2.75, 3.05) is 13.7 Å². The Bertz CT molecular complexity index is 663. The average Bonchev–Trinajstić information content (AvgIpc) is 2.65. The summed E-state index contributed by atoms with van der Waals surface area (Å²) >= 11 is 0. The molecule has 0 heterocycles. The Hall–Kier alpha value is -2.49. The fraction of sp³-hybridized carbons (Fsp3) is 0.381. The fourth-order valence-corrected chi connectivity index (χ4v) is 2.59. The lowest BCUT2D eigenvalue weighted by Crippen LogP contribution is -2.32. The first-order valence-electron chi connectivity index (χ1n) is 8.69. The van der Waals surface area contributed by atoms with E-state index in [-0.39, 0.29) is 18.6 Å². The first-order chi connectivity index (χ1) is 12.0. The third kappa shape index (κ3) is 5.52. The third-order valence-electron chi connectivity index (χ3n) is 4.18. The number of methoxy groups -OCH3 is 1. The minimum atomic E-state index is -0.129. The molecule has 2 aromatic rings. The van der Waals surface area contributed by atoms with Gasteiger partial charge in [0, 0.05) is 0 Å². The maximum Gasteiger partial charge on any atom is 0.258 e. The van der Waals surface area contributed by atoms with Crippen molar-refractivity contribution in [3.8, 4) is 11.5 Å². The van der Waals surface area contributed by atoms with Gasteiger partial charge in [0.05, 0.1) is 13.2 Å². The molecule has 1 N–H and O–H groups in total. The van der Waals surface area contributed by atoms with E-state index < -0.39 is 0 Å². The molecule has 0 aliphatic carbocycles. The van der Waals surface area contributed by atoms with Gasteiger partial charge in [0.2, 0.25) is 0 Å². The SMILES string of the molecule is CC[C@@H](NC(=O)COc1ccc(C(C)C)cc1)c1ccc(OC)cc1. The van der Waals surface area contributed by atoms with Crippen molar-refractivity contribution < 1.29 is 14.3 Å². The number of nitrogens with one attached hydrogen (secondary N) is 1. The van der Waals surface area contributed by atoms with Crippen molar-refractivity contribution in [2.45, 2.75) is 39.2 Å². The number of amides is 1. The van der Waals surface area contributed by atoms with E-state index in [0.29, 0.717) is 11.7 Å². The molecule has 2 rings (SSSR count). The number of carbonyl (C=O) groups is 1. The Morgan fingerprint density at radius 2 is 1.52 bits per heavy atom. The Kier molecular flexibility index (Phi) is 6.87. The number of benzene rings is 2. The molecule has 0 radical (unpaired) electrons. The van der Waals surface area contributed by atoms with Crippen LogP contribution in [-0.2, 0) is 4.79 Å². The molecule has 1 amide bonds. The second-order valence-corrected chi connectivity index (χ2v) is 6.31. The van der Waals surface area contributed by atoms with E-state index in [1.807, 2.05) is 55.5 Å². The Morgan fingerprint density at radius 3 is 2.04 bits per heavy atom. The summed E-state index contributed by atoms with van der Waals surface area (Å²) in [5.74, 6) is 1.86.